The molecule has 2 rings (SSSR count). The Morgan fingerprint density at radius 2 is 2.14 bits per heavy atom. The molecule has 0 fully saturated rings. The Hall–Kier alpha value is -1.55. The third-order valence-corrected chi connectivity index (χ3v) is 2.26. The summed E-state index contributed by atoms with van der Waals surface area (Å²) in [5, 5.41) is 18.4. The quantitative estimate of drug-likeness (QED) is 0.698. The van der Waals surface area contributed by atoms with Crippen LogP contribution in [0.25, 0.3) is 0 Å². The van der Waals surface area contributed by atoms with Gasteiger partial charge in [0.25, 0.3) is 0 Å². The van der Waals surface area contributed by atoms with Crippen molar-refractivity contribution in [2.45, 2.75) is 18.6 Å². The summed E-state index contributed by atoms with van der Waals surface area (Å²) in [6, 6.07) is 6.92. The lowest BCUT2D eigenvalue weighted by atomic mass is 9.99. The highest BCUT2D eigenvalue weighted by Crippen LogP contribution is 2.34. The average Bonchev–Trinajstić information content (AvgIpc) is 2.17. The molecule has 1 aromatic carbocycles. The summed E-state index contributed by atoms with van der Waals surface area (Å²) in [6.45, 7) is 0. The van der Waals surface area contributed by atoms with Gasteiger partial charge in [-0.05, 0) is 6.07 Å². The maximum Gasteiger partial charge on any atom is 0.345 e. The van der Waals surface area contributed by atoms with Crippen molar-refractivity contribution >= 4 is 5.97 Å². The molecule has 0 spiro atoms. The number of aliphatic hydroxyl groups is 1. The van der Waals surface area contributed by atoms with Crippen LogP contribution in [-0.2, 0) is 4.79 Å². The Kier molecular flexibility index (Phi) is 2.13. The number of para-hydroxylation sites is 1. The zero-order chi connectivity index (χ0) is 10.1. The van der Waals surface area contributed by atoms with Gasteiger partial charge in [0.05, 0.1) is 6.10 Å². The van der Waals surface area contributed by atoms with Crippen molar-refractivity contribution in [3.05, 3.63) is 29.8 Å². The Bertz CT molecular complexity index is 361. The number of carboxylic acids is 1. The third-order valence-electron chi connectivity index (χ3n) is 2.26. The van der Waals surface area contributed by atoms with Crippen LogP contribution in [0, 0.1) is 0 Å². The van der Waals surface area contributed by atoms with Gasteiger partial charge in [-0.25, -0.2) is 4.79 Å². The van der Waals surface area contributed by atoms with Crippen LogP contribution in [0.15, 0.2) is 24.3 Å². The minimum absolute atomic E-state index is 0.104. The molecule has 1 heterocycles. The zero-order valence-electron chi connectivity index (χ0n) is 7.38. The van der Waals surface area contributed by atoms with E-state index >= 15 is 0 Å². The molecular weight excluding hydrogens is 184 g/mol. The third kappa shape index (κ3) is 1.44. The highest BCUT2D eigenvalue weighted by molar-refractivity contribution is 5.73. The summed E-state index contributed by atoms with van der Waals surface area (Å²) >= 11 is 0. The van der Waals surface area contributed by atoms with Crippen molar-refractivity contribution in [3.63, 3.8) is 0 Å². The smallest absolute Gasteiger partial charge is 0.345 e. The topological polar surface area (TPSA) is 66.8 Å². The van der Waals surface area contributed by atoms with E-state index < -0.39 is 18.2 Å². The average molecular weight is 194 g/mol. The zero-order valence-corrected chi connectivity index (χ0v) is 7.38. The Balaban J connectivity index is 2.33. The number of carbonyl (C=O) groups is 1. The number of aliphatic carboxylic acids is 1. The summed E-state index contributed by atoms with van der Waals surface area (Å²) in [7, 11) is 0. The molecule has 0 radical (unpaired) electrons. The van der Waals surface area contributed by atoms with Crippen molar-refractivity contribution in [2.24, 2.45) is 0 Å². The molecule has 4 heteroatoms. The van der Waals surface area contributed by atoms with Gasteiger partial charge in [-0.3, -0.25) is 0 Å². The van der Waals surface area contributed by atoms with Gasteiger partial charge in [0.1, 0.15) is 5.75 Å². The van der Waals surface area contributed by atoms with E-state index in [1.807, 2.05) is 0 Å². The first kappa shape index (κ1) is 9.02. The largest absolute Gasteiger partial charge is 0.479 e. The van der Waals surface area contributed by atoms with Crippen LogP contribution >= 0.6 is 0 Å². The van der Waals surface area contributed by atoms with Gasteiger partial charge >= 0.3 is 5.97 Å². The summed E-state index contributed by atoms with van der Waals surface area (Å²) in [4.78, 5) is 10.7. The fourth-order valence-corrected chi connectivity index (χ4v) is 1.55. The molecule has 1 aliphatic heterocycles. The van der Waals surface area contributed by atoms with Crippen LogP contribution < -0.4 is 4.74 Å². The second-order valence-corrected chi connectivity index (χ2v) is 3.23. The van der Waals surface area contributed by atoms with Gasteiger partial charge in [-0.2, -0.15) is 0 Å². The van der Waals surface area contributed by atoms with Gasteiger partial charge in [0, 0.05) is 12.0 Å². The van der Waals surface area contributed by atoms with E-state index in [9.17, 15) is 9.90 Å². The number of benzene rings is 1. The first-order valence-electron chi connectivity index (χ1n) is 4.35. The normalized spacial score (nSPS) is 24.9. The number of rotatable bonds is 1. The van der Waals surface area contributed by atoms with E-state index in [0.29, 0.717) is 11.3 Å². The summed E-state index contributed by atoms with van der Waals surface area (Å²) < 4.78 is 5.20. The number of carboxylic acid groups (broad SMARTS) is 1. The van der Waals surface area contributed by atoms with Crippen molar-refractivity contribution in [3.8, 4) is 5.75 Å². The van der Waals surface area contributed by atoms with Gasteiger partial charge in [0.2, 0.25) is 0 Å². The maximum atomic E-state index is 10.7. The summed E-state index contributed by atoms with van der Waals surface area (Å²) in [5.74, 6) is -0.586. The molecule has 1 aromatic rings. The van der Waals surface area contributed by atoms with Gasteiger partial charge in [-0.15, -0.1) is 0 Å². The fourth-order valence-electron chi connectivity index (χ4n) is 1.55. The molecule has 0 bridgehead atoms. The molecular formula is C10H10O4. The predicted molar refractivity (Wildman–Crippen MR) is 48.1 cm³/mol. The van der Waals surface area contributed by atoms with Crippen LogP contribution in [0.5, 0.6) is 5.75 Å². The molecule has 74 valence electrons. The number of ether oxygens (including phenoxy) is 1. The first-order chi connectivity index (χ1) is 6.68. The molecule has 4 nitrogen and oxygen atoms in total. The lowest BCUT2D eigenvalue weighted by molar-refractivity contribution is -0.147. The summed E-state index contributed by atoms with van der Waals surface area (Å²) in [6.07, 6.45) is -1.59. The molecule has 1 aliphatic rings. The van der Waals surface area contributed by atoms with Gasteiger partial charge in [0.15, 0.2) is 6.10 Å². The predicted octanol–water partition coefficient (Wildman–Crippen LogP) is 0.956. The standard InChI is InChI=1S/C10H10O4/c11-7-5-9(10(12)13)14-8-4-2-1-3-6(7)8/h1-4,7,9,11H,5H2,(H,12,13)/t7-,9-/m1/s1. The molecule has 2 atom stereocenters. The molecule has 2 N–H and O–H groups in total. The van der Waals surface area contributed by atoms with Gasteiger partial charge in [-0.1, -0.05) is 18.2 Å². The second kappa shape index (κ2) is 3.31. The van der Waals surface area contributed by atoms with Gasteiger partial charge < -0.3 is 14.9 Å². The SMILES string of the molecule is O=C(O)[C@H]1C[C@@H](O)c2ccccc2O1. The van der Waals surface area contributed by atoms with E-state index in [1.54, 1.807) is 24.3 Å². The van der Waals surface area contributed by atoms with Crippen molar-refractivity contribution in [1.29, 1.82) is 0 Å². The first-order valence-corrected chi connectivity index (χ1v) is 4.35. The maximum absolute atomic E-state index is 10.7. The number of hydrogen-bond donors (Lipinski definition) is 2. The van der Waals surface area contributed by atoms with Crippen LogP contribution in [0.1, 0.15) is 18.1 Å². The van der Waals surface area contributed by atoms with E-state index in [4.69, 9.17) is 9.84 Å². The van der Waals surface area contributed by atoms with E-state index in [-0.39, 0.29) is 6.42 Å². The lowest BCUT2D eigenvalue weighted by Crippen LogP contribution is -2.32. The number of hydrogen-bond acceptors (Lipinski definition) is 3. The van der Waals surface area contributed by atoms with Crippen molar-refractivity contribution in [1.82, 2.24) is 0 Å². The molecule has 0 amide bonds. The lowest BCUT2D eigenvalue weighted by Gasteiger charge is -2.26. The van der Waals surface area contributed by atoms with E-state index in [2.05, 4.69) is 0 Å². The molecule has 0 aliphatic carbocycles. The Morgan fingerprint density at radius 1 is 1.43 bits per heavy atom. The Labute approximate surface area is 80.7 Å². The molecule has 0 aromatic heterocycles. The van der Waals surface area contributed by atoms with Crippen LogP contribution in [0.3, 0.4) is 0 Å². The van der Waals surface area contributed by atoms with Crippen LogP contribution in [0.2, 0.25) is 0 Å². The summed E-state index contributed by atoms with van der Waals surface area (Å²) in [5.41, 5.74) is 0.657. The monoisotopic (exact) mass is 194 g/mol. The fraction of sp³-hybridized carbons (Fsp3) is 0.300. The molecule has 14 heavy (non-hydrogen) atoms. The minimum Gasteiger partial charge on any atom is -0.479 e. The van der Waals surface area contributed by atoms with Crippen LogP contribution in [0.4, 0.5) is 0 Å². The molecule has 0 saturated carbocycles. The van der Waals surface area contributed by atoms with E-state index in [1.165, 1.54) is 0 Å². The number of fused-ring (bicyclic) bond motifs is 1. The highest BCUT2D eigenvalue weighted by Gasteiger charge is 2.30. The van der Waals surface area contributed by atoms with Crippen molar-refractivity contribution in [2.75, 3.05) is 0 Å². The van der Waals surface area contributed by atoms with E-state index in [0.717, 1.165) is 0 Å². The molecule has 0 saturated heterocycles. The Morgan fingerprint density at radius 3 is 2.86 bits per heavy atom. The minimum atomic E-state index is -1.04. The van der Waals surface area contributed by atoms with Crippen LogP contribution in [-0.4, -0.2) is 22.3 Å². The highest BCUT2D eigenvalue weighted by atomic mass is 16.5. The second-order valence-electron chi connectivity index (χ2n) is 3.23. The number of aliphatic hydroxyl groups excluding tert-OH is 1. The van der Waals surface area contributed by atoms with Crippen molar-refractivity contribution < 1.29 is 19.7 Å². The molecule has 0 unspecified atom stereocenters.